The molecule has 2 rings (SSSR count). The largest absolute Gasteiger partial charge is 0.243 e. The van der Waals surface area contributed by atoms with Gasteiger partial charge in [0, 0.05) is 11.1 Å². The van der Waals surface area contributed by atoms with Crippen LogP contribution in [0.4, 0.5) is 8.78 Å². The minimum atomic E-state index is -0.888. The molecule has 0 aliphatic heterocycles. The molecule has 1 aromatic heterocycles. The van der Waals surface area contributed by atoms with Crippen LogP contribution in [0.1, 0.15) is 11.1 Å². The highest BCUT2D eigenvalue weighted by Crippen LogP contribution is 2.24. The second-order valence-corrected chi connectivity index (χ2v) is 2.84. The summed E-state index contributed by atoms with van der Waals surface area (Å²) in [5.41, 5.74) is 0.798. The Morgan fingerprint density at radius 1 is 0.923 bits per heavy atom. The van der Waals surface area contributed by atoms with Crippen molar-refractivity contribution >= 4 is 11.0 Å². The van der Waals surface area contributed by atoms with E-state index in [1.807, 2.05) is 0 Å². The van der Waals surface area contributed by atoms with Crippen molar-refractivity contribution in [2.75, 3.05) is 0 Å². The summed E-state index contributed by atoms with van der Waals surface area (Å²) >= 11 is 0. The average molecular weight is 184 g/mol. The molecule has 0 saturated heterocycles. The molecule has 1 aromatic carbocycles. The highest BCUT2D eigenvalue weighted by molar-refractivity contribution is 5.80. The third-order valence-electron chi connectivity index (χ3n) is 2.05. The van der Waals surface area contributed by atoms with Crippen LogP contribution in [-0.4, -0.2) is 10.3 Å². The van der Waals surface area contributed by atoms with Crippen LogP contribution >= 0.6 is 0 Å². The van der Waals surface area contributed by atoms with Crippen molar-refractivity contribution in [1.29, 1.82) is 0 Å². The second-order valence-electron chi connectivity index (χ2n) is 2.84. The fourth-order valence-electron chi connectivity index (χ4n) is 1.22. The highest BCUT2D eigenvalue weighted by atomic mass is 19.2. The molecule has 13 heavy (non-hydrogen) atoms. The van der Waals surface area contributed by atoms with Crippen molar-refractivity contribution < 1.29 is 13.4 Å². The summed E-state index contributed by atoms with van der Waals surface area (Å²) in [6, 6.07) is 0. The molecule has 0 spiro atoms. The first kappa shape index (κ1) is 8.10. The molecule has 0 aliphatic rings. The van der Waals surface area contributed by atoms with Gasteiger partial charge in [0.15, 0.2) is 11.6 Å². The van der Waals surface area contributed by atoms with Crippen molar-refractivity contribution in [2.45, 2.75) is 13.8 Å². The molecule has 0 N–H and O–H groups in total. The topological polar surface area (TPSA) is 38.9 Å². The number of benzene rings is 1. The minimum Gasteiger partial charge on any atom is -0.243 e. The lowest BCUT2D eigenvalue weighted by Gasteiger charge is -2.00. The van der Waals surface area contributed by atoms with Gasteiger partial charge < -0.3 is 0 Å². The zero-order valence-electron chi connectivity index (χ0n) is 7.06. The molecule has 5 heteroatoms. The average Bonchev–Trinajstić information content (AvgIpc) is 2.59. The molecular weight excluding hydrogens is 178 g/mol. The van der Waals surface area contributed by atoms with Crippen LogP contribution in [0.25, 0.3) is 11.0 Å². The Morgan fingerprint density at radius 2 is 1.31 bits per heavy atom. The summed E-state index contributed by atoms with van der Waals surface area (Å²) in [7, 11) is 0. The molecule has 0 amide bonds. The molecule has 1 heterocycles. The van der Waals surface area contributed by atoms with E-state index in [1.54, 1.807) is 0 Å². The third kappa shape index (κ3) is 0.929. The summed E-state index contributed by atoms with van der Waals surface area (Å²) in [4.78, 5) is 0. The molecule has 0 fully saturated rings. The van der Waals surface area contributed by atoms with Crippen molar-refractivity contribution in [1.82, 2.24) is 10.3 Å². The quantitative estimate of drug-likeness (QED) is 0.629. The van der Waals surface area contributed by atoms with Crippen LogP contribution in [0.2, 0.25) is 0 Å². The maximum Gasteiger partial charge on any atom is 0.164 e. The molecular formula is C8H6F2N2O. The fraction of sp³-hybridized carbons (Fsp3) is 0.250. The number of halogens is 2. The summed E-state index contributed by atoms with van der Waals surface area (Å²) in [6.45, 7) is 2.87. The Balaban J connectivity index is 3.02. The van der Waals surface area contributed by atoms with E-state index in [9.17, 15) is 8.78 Å². The lowest BCUT2D eigenvalue weighted by Crippen LogP contribution is -1.95. The van der Waals surface area contributed by atoms with E-state index in [0.29, 0.717) is 0 Å². The number of hydrogen-bond acceptors (Lipinski definition) is 3. The molecule has 68 valence electrons. The van der Waals surface area contributed by atoms with E-state index < -0.39 is 11.6 Å². The van der Waals surface area contributed by atoms with Gasteiger partial charge in [-0.1, -0.05) is 0 Å². The van der Waals surface area contributed by atoms with E-state index in [0.717, 1.165) is 0 Å². The van der Waals surface area contributed by atoms with Crippen LogP contribution in [0.3, 0.4) is 0 Å². The second kappa shape index (κ2) is 2.48. The van der Waals surface area contributed by atoms with Gasteiger partial charge in [0.1, 0.15) is 11.0 Å². The summed E-state index contributed by atoms with van der Waals surface area (Å²) in [6.07, 6.45) is 0. The summed E-state index contributed by atoms with van der Waals surface area (Å²) in [5.74, 6) is -1.78. The highest BCUT2D eigenvalue weighted by Gasteiger charge is 2.18. The predicted octanol–water partition coefficient (Wildman–Crippen LogP) is 2.12. The molecule has 2 aromatic rings. The Hall–Kier alpha value is -1.52. The lowest BCUT2D eigenvalue weighted by atomic mass is 10.1. The Morgan fingerprint density at radius 3 is 1.69 bits per heavy atom. The maximum atomic E-state index is 13.1. The predicted molar refractivity (Wildman–Crippen MR) is 41.2 cm³/mol. The first-order chi connectivity index (χ1) is 6.13. The first-order valence-electron chi connectivity index (χ1n) is 3.69. The van der Waals surface area contributed by atoms with Crippen LogP contribution < -0.4 is 0 Å². The maximum absolute atomic E-state index is 13.1. The smallest absolute Gasteiger partial charge is 0.164 e. The molecule has 0 radical (unpaired) electrons. The summed E-state index contributed by atoms with van der Waals surface area (Å²) in [5, 5.41) is 6.98. The number of fused-ring (bicyclic) bond motifs is 1. The van der Waals surface area contributed by atoms with Gasteiger partial charge in [-0.25, -0.2) is 13.4 Å². The SMILES string of the molecule is Cc1c(F)c(F)c(C)c2nonc12. The standard InChI is InChI=1S/C8H6F2N2O/c1-3-5(9)6(10)4(2)8-7(3)11-13-12-8/h1-2H3. The Labute approximate surface area is 72.3 Å². The van der Waals surface area contributed by atoms with Gasteiger partial charge in [-0.15, -0.1) is 0 Å². The van der Waals surface area contributed by atoms with Crippen molar-refractivity contribution in [3.63, 3.8) is 0 Å². The number of aromatic nitrogens is 2. The molecule has 0 atom stereocenters. The van der Waals surface area contributed by atoms with Gasteiger partial charge in [0.2, 0.25) is 0 Å². The van der Waals surface area contributed by atoms with Crippen LogP contribution in [0, 0.1) is 25.5 Å². The van der Waals surface area contributed by atoms with Crippen LogP contribution in [0.15, 0.2) is 4.63 Å². The van der Waals surface area contributed by atoms with E-state index in [-0.39, 0.29) is 22.2 Å². The van der Waals surface area contributed by atoms with Gasteiger partial charge in [-0.2, -0.15) is 0 Å². The van der Waals surface area contributed by atoms with Crippen molar-refractivity contribution in [3.8, 4) is 0 Å². The number of hydrogen-bond donors (Lipinski definition) is 0. The molecule has 0 bridgehead atoms. The van der Waals surface area contributed by atoms with E-state index in [1.165, 1.54) is 13.8 Å². The first-order valence-corrected chi connectivity index (χ1v) is 3.69. The zero-order chi connectivity index (χ0) is 9.59. The Kier molecular flexibility index (Phi) is 1.55. The number of nitrogens with zero attached hydrogens (tertiary/aromatic N) is 2. The molecule has 0 saturated carbocycles. The number of rotatable bonds is 0. The van der Waals surface area contributed by atoms with E-state index >= 15 is 0 Å². The molecule has 0 aliphatic carbocycles. The number of aryl methyl sites for hydroxylation is 2. The van der Waals surface area contributed by atoms with Crippen molar-refractivity contribution in [3.05, 3.63) is 22.8 Å². The van der Waals surface area contributed by atoms with Crippen LogP contribution in [-0.2, 0) is 0 Å². The van der Waals surface area contributed by atoms with Crippen molar-refractivity contribution in [2.24, 2.45) is 0 Å². The van der Waals surface area contributed by atoms with Gasteiger partial charge in [0.25, 0.3) is 0 Å². The summed E-state index contributed by atoms with van der Waals surface area (Å²) < 4.78 is 30.6. The normalized spacial score (nSPS) is 11.1. The third-order valence-corrected chi connectivity index (χ3v) is 2.05. The fourth-order valence-corrected chi connectivity index (χ4v) is 1.22. The van der Waals surface area contributed by atoms with Gasteiger partial charge in [0.05, 0.1) is 0 Å². The molecule has 3 nitrogen and oxygen atoms in total. The van der Waals surface area contributed by atoms with Gasteiger partial charge in [-0.05, 0) is 24.2 Å². The van der Waals surface area contributed by atoms with Gasteiger partial charge >= 0.3 is 0 Å². The Bertz CT molecular complexity index is 436. The van der Waals surface area contributed by atoms with Gasteiger partial charge in [-0.3, -0.25) is 0 Å². The van der Waals surface area contributed by atoms with E-state index in [4.69, 9.17) is 0 Å². The monoisotopic (exact) mass is 184 g/mol. The van der Waals surface area contributed by atoms with Crippen LogP contribution in [0.5, 0.6) is 0 Å². The zero-order valence-corrected chi connectivity index (χ0v) is 7.06. The lowest BCUT2D eigenvalue weighted by molar-refractivity contribution is 0.315. The molecule has 0 unspecified atom stereocenters. The minimum absolute atomic E-state index is 0.124. The van der Waals surface area contributed by atoms with E-state index in [2.05, 4.69) is 14.9 Å².